The van der Waals surface area contributed by atoms with Gasteiger partial charge in [-0.2, -0.15) is 0 Å². The highest BCUT2D eigenvalue weighted by Gasteiger charge is 2.21. The molecule has 0 aromatic heterocycles. The number of nitrogens with one attached hydrogen (secondary N) is 1. The standard InChI is InChI=1S/C13H27N3/c1-15-10-6-12(7-11-15)14-8-5-13-4-3-9-16(13)2/h12-14H,3-11H2,1-2H3/t13-/m1/s1. The molecule has 0 aromatic rings. The predicted molar refractivity (Wildman–Crippen MR) is 68.8 cm³/mol. The van der Waals surface area contributed by atoms with E-state index in [4.69, 9.17) is 0 Å². The summed E-state index contributed by atoms with van der Waals surface area (Å²) >= 11 is 0. The van der Waals surface area contributed by atoms with Crippen LogP contribution in [0.25, 0.3) is 0 Å². The molecule has 0 bridgehead atoms. The van der Waals surface area contributed by atoms with Crippen LogP contribution >= 0.6 is 0 Å². The molecular weight excluding hydrogens is 198 g/mol. The topological polar surface area (TPSA) is 18.5 Å². The van der Waals surface area contributed by atoms with Gasteiger partial charge >= 0.3 is 0 Å². The Morgan fingerprint density at radius 3 is 2.44 bits per heavy atom. The maximum absolute atomic E-state index is 3.74. The third kappa shape index (κ3) is 3.44. The van der Waals surface area contributed by atoms with E-state index in [1.807, 2.05) is 0 Å². The Balaban J connectivity index is 1.57. The van der Waals surface area contributed by atoms with Crippen molar-refractivity contribution >= 4 is 0 Å². The Labute approximate surface area is 100 Å². The van der Waals surface area contributed by atoms with Crippen LogP contribution in [0.15, 0.2) is 0 Å². The second-order valence-corrected chi connectivity index (χ2v) is 5.60. The molecule has 3 nitrogen and oxygen atoms in total. The van der Waals surface area contributed by atoms with Gasteiger partial charge in [-0.15, -0.1) is 0 Å². The monoisotopic (exact) mass is 225 g/mol. The number of hydrogen-bond acceptors (Lipinski definition) is 3. The van der Waals surface area contributed by atoms with Gasteiger partial charge in [0.05, 0.1) is 0 Å². The molecule has 0 unspecified atom stereocenters. The summed E-state index contributed by atoms with van der Waals surface area (Å²) in [6.45, 7) is 5.05. The molecule has 0 saturated carbocycles. The molecule has 0 radical (unpaired) electrons. The van der Waals surface area contributed by atoms with Crippen LogP contribution in [-0.4, -0.2) is 62.2 Å². The van der Waals surface area contributed by atoms with Crippen molar-refractivity contribution in [1.29, 1.82) is 0 Å². The summed E-state index contributed by atoms with van der Waals surface area (Å²) < 4.78 is 0. The predicted octanol–water partition coefficient (Wildman–Crippen LogP) is 1.15. The first-order valence-corrected chi connectivity index (χ1v) is 6.88. The fourth-order valence-corrected chi connectivity index (χ4v) is 3.01. The van der Waals surface area contributed by atoms with Gasteiger partial charge < -0.3 is 15.1 Å². The molecule has 0 aromatic carbocycles. The van der Waals surface area contributed by atoms with E-state index in [0.717, 1.165) is 12.1 Å². The van der Waals surface area contributed by atoms with Crippen molar-refractivity contribution in [3.05, 3.63) is 0 Å². The van der Waals surface area contributed by atoms with Gasteiger partial charge in [0.15, 0.2) is 0 Å². The van der Waals surface area contributed by atoms with Crippen LogP contribution in [0.5, 0.6) is 0 Å². The normalized spacial score (nSPS) is 30.0. The van der Waals surface area contributed by atoms with Crippen molar-refractivity contribution < 1.29 is 0 Å². The van der Waals surface area contributed by atoms with Gasteiger partial charge in [0, 0.05) is 12.1 Å². The lowest BCUT2D eigenvalue weighted by atomic mass is 10.0. The van der Waals surface area contributed by atoms with Gasteiger partial charge in [-0.1, -0.05) is 0 Å². The number of piperidine rings is 1. The van der Waals surface area contributed by atoms with E-state index in [-0.39, 0.29) is 0 Å². The van der Waals surface area contributed by atoms with E-state index in [2.05, 4.69) is 29.2 Å². The van der Waals surface area contributed by atoms with Crippen molar-refractivity contribution in [3.8, 4) is 0 Å². The fourth-order valence-electron chi connectivity index (χ4n) is 3.01. The molecule has 1 atom stereocenters. The van der Waals surface area contributed by atoms with Crippen molar-refractivity contribution in [2.45, 2.75) is 44.2 Å². The third-order valence-corrected chi connectivity index (χ3v) is 4.30. The Bertz CT molecular complexity index is 199. The fraction of sp³-hybridized carbons (Fsp3) is 1.00. The van der Waals surface area contributed by atoms with Gasteiger partial charge in [0.1, 0.15) is 0 Å². The number of hydrogen-bond donors (Lipinski definition) is 1. The average molecular weight is 225 g/mol. The Kier molecular flexibility index (Phi) is 4.62. The maximum Gasteiger partial charge on any atom is 0.0105 e. The summed E-state index contributed by atoms with van der Waals surface area (Å²) in [6.07, 6.45) is 6.80. The van der Waals surface area contributed by atoms with Crippen LogP contribution in [0.1, 0.15) is 32.1 Å². The van der Waals surface area contributed by atoms with Gasteiger partial charge in [-0.25, -0.2) is 0 Å². The number of likely N-dealkylation sites (tertiary alicyclic amines) is 2. The minimum atomic E-state index is 0.780. The van der Waals surface area contributed by atoms with Crippen molar-refractivity contribution in [3.63, 3.8) is 0 Å². The first-order chi connectivity index (χ1) is 7.75. The number of nitrogens with zero attached hydrogens (tertiary/aromatic N) is 2. The van der Waals surface area contributed by atoms with E-state index < -0.39 is 0 Å². The largest absolute Gasteiger partial charge is 0.314 e. The molecule has 2 aliphatic rings. The zero-order chi connectivity index (χ0) is 11.4. The summed E-state index contributed by atoms with van der Waals surface area (Å²) in [7, 11) is 4.50. The van der Waals surface area contributed by atoms with Crippen LogP contribution in [0.2, 0.25) is 0 Å². The maximum atomic E-state index is 3.74. The molecule has 2 saturated heterocycles. The van der Waals surface area contributed by atoms with E-state index in [9.17, 15) is 0 Å². The van der Waals surface area contributed by atoms with Gasteiger partial charge in [0.2, 0.25) is 0 Å². The third-order valence-electron chi connectivity index (χ3n) is 4.30. The quantitative estimate of drug-likeness (QED) is 0.774. The zero-order valence-electron chi connectivity index (χ0n) is 10.9. The van der Waals surface area contributed by atoms with Crippen LogP contribution in [0.3, 0.4) is 0 Å². The minimum absolute atomic E-state index is 0.780. The summed E-state index contributed by atoms with van der Waals surface area (Å²) in [5.41, 5.74) is 0. The summed E-state index contributed by atoms with van der Waals surface area (Å²) in [6, 6.07) is 1.63. The van der Waals surface area contributed by atoms with E-state index in [1.54, 1.807) is 0 Å². The second kappa shape index (κ2) is 5.99. The van der Waals surface area contributed by atoms with Crippen LogP contribution in [0, 0.1) is 0 Å². The molecule has 2 aliphatic heterocycles. The lowest BCUT2D eigenvalue weighted by Crippen LogP contribution is -2.42. The molecule has 2 rings (SSSR count). The van der Waals surface area contributed by atoms with E-state index >= 15 is 0 Å². The first kappa shape index (κ1) is 12.3. The molecule has 3 heteroatoms. The second-order valence-electron chi connectivity index (χ2n) is 5.60. The zero-order valence-corrected chi connectivity index (χ0v) is 10.9. The lowest BCUT2D eigenvalue weighted by Gasteiger charge is -2.30. The van der Waals surface area contributed by atoms with Crippen LogP contribution in [-0.2, 0) is 0 Å². The Hall–Kier alpha value is -0.120. The Morgan fingerprint density at radius 1 is 1.06 bits per heavy atom. The minimum Gasteiger partial charge on any atom is -0.314 e. The summed E-state index contributed by atoms with van der Waals surface area (Å²) in [4.78, 5) is 4.96. The highest BCUT2D eigenvalue weighted by Crippen LogP contribution is 2.17. The highest BCUT2D eigenvalue weighted by atomic mass is 15.1. The van der Waals surface area contributed by atoms with Gasteiger partial charge in [-0.05, 0) is 72.4 Å². The highest BCUT2D eigenvalue weighted by molar-refractivity contribution is 4.79. The van der Waals surface area contributed by atoms with Gasteiger partial charge in [0.25, 0.3) is 0 Å². The van der Waals surface area contributed by atoms with Crippen molar-refractivity contribution in [1.82, 2.24) is 15.1 Å². The Morgan fingerprint density at radius 2 is 1.81 bits per heavy atom. The lowest BCUT2D eigenvalue weighted by molar-refractivity contribution is 0.228. The molecule has 94 valence electrons. The van der Waals surface area contributed by atoms with Crippen molar-refractivity contribution in [2.75, 3.05) is 40.3 Å². The smallest absolute Gasteiger partial charge is 0.0105 e. The SMILES string of the molecule is CN1CCC(NCC[C@H]2CCCN2C)CC1. The molecule has 0 amide bonds. The average Bonchev–Trinajstić information content (AvgIpc) is 2.68. The molecular formula is C13H27N3. The van der Waals surface area contributed by atoms with E-state index in [0.29, 0.717) is 0 Å². The molecule has 16 heavy (non-hydrogen) atoms. The van der Waals surface area contributed by atoms with Crippen LogP contribution < -0.4 is 5.32 Å². The van der Waals surface area contributed by atoms with E-state index in [1.165, 1.54) is 58.3 Å². The summed E-state index contributed by atoms with van der Waals surface area (Å²) in [5.74, 6) is 0. The molecule has 2 fully saturated rings. The molecule has 0 spiro atoms. The first-order valence-electron chi connectivity index (χ1n) is 6.88. The van der Waals surface area contributed by atoms with Crippen molar-refractivity contribution in [2.24, 2.45) is 0 Å². The number of rotatable bonds is 4. The molecule has 2 heterocycles. The molecule has 1 N–H and O–H groups in total. The molecule has 0 aliphatic carbocycles. The van der Waals surface area contributed by atoms with Gasteiger partial charge in [-0.3, -0.25) is 0 Å². The van der Waals surface area contributed by atoms with Crippen LogP contribution in [0.4, 0.5) is 0 Å². The summed E-state index contributed by atoms with van der Waals surface area (Å²) in [5, 5.41) is 3.74.